The number of oxime groups is 1. The van der Waals surface area contributed by atoms with Gasteiger partial charge in [-0.05, 0) is 13.3 Å². The maximum absolute atomic E-state index is 10.1. The molecule has 0 fully saturated rings. The third-order valence-electron chi connectivity index (χ3n) is 0.939. The van der Waals surface area contributed by atoms with Crippen LogP contribution in [0.2, 0.25) is 0 Å². The Morgan fingerprint density at radius 2 is 2.30 bits per heavy atom. The summed E-state index contributed by atoms with van der Waals surface area (Å²) >= 11 is 0. The zero-order valence-electron chi connectivity index (χ0n) is 6.26. The maximum Gasteiger partial charge on any atom is 0.258 e. The van der Waals surface area contributed by atoms with Gasteiger partial charge in [0.1, 0.15) is 0 Å². The summed E-state index contributed by atoms with van der Waals surface area (Å²) in [4.78, 5) is 14.7. The first-order valence-electron chi connectivity index (χ1n) is 3.10. The Bertz CT molecular complexity index is 143. The molecule has 1 amide bonds. The van der Waals surface area contributed by atoms with Crippen molar-refractivity contribution in [3.05, 3.63) is 0 Å². The van der Waals surface area contributed by atoms with E-state index in [9.17, 15) is 4.79 Å². The molecular weight excluding hydrogens is 132 g/mol. The SMILES string of the molecule is CC/C(C)=N/OCC(N)=O. The number of hydrogen-bond donors (Lipinski definition) is 1. The molecule has 2 N–H and O–H groups in total. The van der Waals surface area contributed by atoms with E-state index < -0.39 is 5.91 Å². The molecule has 0 aliphatic heterocycles. The highest BCUT2D eigenvalue weighted by Crippen LogP contribution is 1.84. The van der Waals surface area contributed by atoms with Crippen LogP contribution in [0, 0.1) is 0 Å². The van der Waals surface area contributed by atoms with Gasteiger partial charge < -0.3 is 10.6 Å². The molecule has 0 aromatic carbocycles. The zero-order chi connectivity index (χ0) is 7.98. The number of carbonyl (C=O) groups is 1. The number of nitrogens with zero attached hydrogens (tertiary/aromatic N) is 1. The molecule has 0 aliphatic carbocycles. The van der Waals surface area contributed by atoms with Gasteiger partial charge in [0.2, 0.25) is 0 Å². The van der Waals surface area contributed by atoms with E-state index in [1.165, 1.54) is 0 Å². The molecule has 10 heavy (non-hydrogen) atoms. The Morgan fingerprint density at radius 1 is 1.70 bits per heavy atom. The molecule has 0 rings (SSSR count). The fourth-order valence-corrected chi connectivity index (χ4v) is 0.271. The van der Waals surface area contributed by atoms with Gasteiger partial charge in [0, 0.05) is 0 Å². The van der Waals surface area contributed by atoms with Crippen LogP contribution in [0.5, 0.6) is 0 Å². The first-order chi connectivity index (χ1) is 4.66. The highest BCUT2D eigenvalue weighted by molar-refractivity contribution is 5.81. The highest BCUT2D eigenvalue weighted by Gasteiger charge is 1.91. The molecule has 0 saturated heterocycles. The van der Waals surface area contributed by atoms with Crippen molar-refractivity contribution in [1.82, 2.24) is 0 Å². The quantitative estimate of drug-likeness (QED) is 0.454. The predicted molar refractivity (Wildman–Crippen MR) is 38.5 cm³/mol. The summed E-state index contributed by atoms with van der Waals surface area (Å²) in [6.45, 7) is 3.63. The van der Waals surface area contributed by atoms with Crippen LogP contribution in [0.25, 0.3) is 0 Å². The highest BCUT2D eigenvalue weighted by atomic mass is 16.6. The summed E-state index contributed by atoms with van der Waals surface area (Å²) in [5, 5.41) is 3.60. The lowest BCUT2D eigenvalue weighted by Crippen LogP contribution is -2.16. The second kappa shape index (κ2) is 4.78. The Balaban J connectivity index is 3.43. The molecule has 0 unspecified atom stereocenters. The van der Waals surface area contributed by atoms with Crippen LogP contribution < -0.4 is 5.73 Å². The maximum atomic E-state index is 10.1. The molecule has 4 nitrogen and oxygen atoms in total. The molecule has 0 bridgehead atoms. The van der Waals surface area contributed by atoms with Gasteiger partial charge >= 0.3 is 0 Å². The average Bonchev–Trinajstić information content (AvgIpc) is 1.87. The van der Waals surface area contributed by atoms with Crippen molar-refractivity contribution in [2.45, 2.75) is 20.3 Å². The van der Waals surface area contributed by atoms with Crippen LogP contribution in [0.3, 0.4) is 0 Å². The summed E-state index contributed by atoms with van der Waals surface area (Å²) in [5.41, 5.74) is 5.64. The molecule has 0 atom stereocenters. The summed E-state index contributed by atoms with van der Waals surface area (Å²) in [7, 11) is 0. The van der Waals surface area contributed by atoms with Crippen molar-refractivity contribution in [3.8, 4) is 0 Å². The molecular formula is C6H12N2O2. The van der Waals surface area contributed by atoms with Gasteiger partial charge in [-0.2, -0.15) is 0 Å². The zero-order valence-corrected chi connectivity index (χ0v) is 6.26. The van der Waals surface area contributed by atoms with Gasteiger partial charge in [-0.1, -0.05) is 12.1 Å². The smallest absolute Gasteiger partial charge is 0.258 e. The van der Waals surface area contributed by atoms with Gasteiger partial charge in [-0.25, -0.2) is 0 Å². The van der Waals surface area contributed by atoms with E-state index in [1.54, 1.807) is 0 Å². The Hall–Kier alpha value is -1.06. The molecule has 58 valence electrons. The van der Waals surface area contributed by atoms with Crippen molar-refractivity contribution in [3.63, 3.8) is 0 Å². The third-order valence-corrected chi connectivity index (χ3v) is 0.939. The van der Waals surface area contributed by atoms with Crippen LogP contribution in [-0.4, -0.2) is 18.2 Å². The third kappa shape index (κ3) is 5.08. The minimum atomic E-state index is -0.507. The second-order valence-corrected chi connectivity index (χ2v) is 1.92. The van der Waals surface area contributed by atoms with E-state index in [2.05, 4.69) is 9.99 Å². The molecule has 0 saturated carbocycles. The monoisotopic (exact) mass is 144 g/mol. The lowest BCUT2D eigenvalue weighted by atomic mass is 10.3. The number of primary amides is 1. The van der Waals surface area contributed by atoms with Crippen molar-refractivity contribution in [2.75, 3.05) is 6.61 Å². The molecule has 0 heterocycles. The van der Waals surface area contributed by atoms with Gasteiger partial charge in [0.25, 0.3) is 5.91 Å². The van der Waals surface area contributed by atoms with Crippen molar-refractivity contribution < 1.29 is 9.63 Å². The molecule has 4 heteroatoms. The first-order valence-corrected chi connectivity index (χ1v) is 3.10. The van der Waals surface area contributed by atoms with Crippen molar-refractivity contribution in [1.29, 1.82) is 0 Å². The lowest BCUT2D eigenvalue weighted by Gasteiger charge is -1.95. The number of carbonyl (C=O) groups excluding carboxylic acids is 1. The van der Waals surface area contributed by atoms with Crippen molar-refractivity contribution >= 4 is 11.6 Å². The number of amides is 1. The predicted octanol–water partition coefficient (Wildman–Crippen LogP) is 0.274. The fourth-order valence-electron chi connectivity index (χ4n) is 0.271. The molecule has 0 radical (unpaired) electrons. The normalized spacial score (nSPS) is 11.2. The summed E-state index contributed by atoms with van der Waals surface area (Å²) in [6, 6.07) is 0. The van der Waals surface area contributed by atoms with E-state index in [-0.39, 0.29) is 6.61 Å². The fraction of sp³-hybridized carbons (Fsp3) is 0.667. The Labute approximate surface area is 60.0 Å². The molecule has 0 aromatic heterocycles. The number of nitrogens with two attached hydrogens (primary N) is 1. The largest absolute Gasteiger partial charge is 0.386 e. The van der Waals surface area contributed by atoms with Crippen LogP contribution in [-0.2, 0) is 9.63 Å². The van der Waals surface area contributed by atoms with E-state index >= 15 is 0 Å². The summed E-state index contributed by atoms with van der Waals surface area (Å²) in [5.74, 6) is -0.507. The van der Waals surface area contributed by atoms with E-state index in [0.717, 1.165) is 12.1 Å². The number of rotatable bonds is 4. The molecule has 0 aromatic rings. The van der Waals surface area contributed by atoms with Crippen LogP contribution in [0.4, 0.5) is 0 Å². The van der Waals surface area contributed by atoms with Crippen LogP contribution in [0.15, 0.2) is 5.16 Å². The summed E-state index contributed by atoms with van der Waals surface area (Å²) in [6.07, 6.45) is 0.818. The van der Waals surface area contributed by atoms with Gasteiger partial charge in [0.15, 0.2) is 6.61 Å². The minimum absolute atomic E-state index is 0.142. The van der Waals surface area contributed by atoms with E-state index in [1.807, 2.05) is 13.8 Å². The topological polar surface area (TPSA) is 64.7 Å². The van der Waals surface area contributed by atoms with E-state index in [4.69, 9.17) is 5.73 Å². The molecule has 0 aliphatic rings. The lowest BCUT2D eigenvalue weighted by molar-refractivity contribution is -0.122. The first kappa shape index (κ1) is 8.94. The number of hydrogen-bond acceptors (Lipinski definition) is 3. The standard InChI is InChI=1S/C6H12N2O2/c1-3-5(2)8-10-4-6(7)9/h3-4H2,1-2H3,(H2,7,9)/b8-5+. The molecule has 0 spiro atoms. The average molecular weight is 144 g/mol. The van der Waals surface area contributed by atoms with Gasteiger partial charge in [0.05, 0.1) is 5.71 Å². The van der Waals surface area contributed by atoms with Gasteiger partial charge in [-0.15, -0.1) is 0 Å². The van der Waals surface area contributed by atoms with Crippen LogP contribution in [0.1, 0.15) is 20.3 Å². The van der Waals surface area contributed by atoms with E-state index in [0.29, 0.717) is 0 Å². The van der Waals surface area contributed by atoms with Crippen molar-refractivity contribution in [2.24, 2.45) is 10.9 Å². The van der Waals surface area contributed by atoms with Gasteiger partial charge in [-0.3, -0.25) is 4.79 Å². The Kier molecular flexibility index (Phi) is 4.28. The Morgan fingerprint density at radius 3 is 2.70 bits per heavy atom. The second-order valence-electron chi connectivity index (χ2n) is 1.92. The minimum Gasteiger partial charge on any atom is -0.386 e. The van der Waals surface area contributed by atoms with Crippen LogP contribution >= 0.6 is 0 Å². The summed E-state index contributed by atoms with van der Waals surface area (Å²) < 4.78 is 0.